The van der Waals surface area contributed by atoms with Crippen molar-refractivity contribution in [3.8, 4) is 0 Å². The Labute approximate surface area is 95.8 Å². The first-order valence-electron chi connectivity index (χ1n) is 5.77. The third-order valence-corrected chi connectivity index (χ3v) is 2.84. The van der Waals surface area contributed by atoms with Crippen LogP contribution in [0, 0.1) is 5.92 Å². The molecule has 1 unspecified atom stereocenters. The molecule has 2 rings (SSSR count). The topological polar surface area (TPSA) is 38.3 Å². The lowest BCUT2D eigenvalue weighted by Crippen LogP contribution is -2.33. The van der Waals surface area contributed by atoms with Crippen molar-refractivity contribution in [2.45, 2.75) is 12.8 Å². The quantitative estimate of drug-likeness (QED) is 0.842. The largest absolute Gasteiger partial charge is 0.381 e. The maximum Gasteiger partial charge on any atom is 0.251 e. The molecule has 0 bridgehead atoms. The molecule has 16 heavy (non-hydrogen) atoms. The molecule has 86 valence electrons. The molecule has 1 N–H and O–H groups in total. The summed E-state index contributed by atoms with van der Waals surface area (Å²) in [5.41, 5.74) is 0.722. The first kappa shape index (κ1) is 11.1. The van der Waals surface area contributed by atoms with Gasteiger partial charge in [0.1, 0.15) is 0 Å². The molecule has 0 spiro atoms. The number of carbonyl (C=O) groups excluding carboxylic acids is 1. The van der Waals surface area contributed by atoms with E-state index in [9.17, 15) is 4.79 Å². The van der Waals surface area contributed by atoms with Gasteiger partial charge in [0.25, 0.3) is 5.91 Å². The Morgan fingerprint density at radius 3 is 2.88 bits per heavy atom. The average molecular weight is 219 g/mol. The highest BCUT2D eigenvalue weighted by Crippen LogP contribution is 2.12. The van der Waals surface area contributed by atoms with Crippen LogP contribution in [0.25, 0.3) is 0 Å². The van der Waals surface area contributed by atoms with E-state index in [0.717, 1.165) is 31.6 Å². The van der Waals surface area contributed by atoms with Crippen molar-refractivity contribution in [1.29, 1.82) is 0 Å². The van der Waals surface area contributed by atoms with Crippen molar-refractivity contribution in [2.24, 2.45) is 5.92 Å². The molecule has 3 nitrogen and oxygen atoms in total. The smallest absolute Gasteiger partial charge is 0.251 e. The van der Waals surface area contributed by atoms with E-state index in [1.165, 1.54) is 0 Å². The summed E-state index contributed by atoms with van der Waals surface area (Å²) in [6.07, 6.45) is 2.25. The van der Waals surface area contributed by atoms with Crippen molar-refractivity contribution in [3.05, 3.63) is 35.9 Å². The molecule has 1 fully saturated rings. The monoisotopic (exact) mass is 219 g/mol. The van der Waals surface area contributed by atoms with Crippen LogP contribution in [0.4, 0.5) is 0 Å². The van der Waals surface area contributed by atoms with Crippen LogP contribution < -0.4 is 5.32 Å². The highest BCUT2D eigenvalue weighted by atomic mass is 16.5. The first-order valence-corrected chi connectivity index (χ1v) is 5.77. The summed E-state index contributed by atoms with van der Waals surface area (Å²) in [5.74, 6) is 0.479. The minimum atomic E-state index is 0.00572. The first-order chi connectivity index (χ1) is 7.86. The molecule has 1 atom stereocenters. The molecule has 1 aromatic carbocycles. The predicted molar refractivity (Wildman–Crippen MR) is 62.3 cm³/mol. The molecule has 1 aliphatic rings. The molecule has 0 aromatic heterocycles. The molecular formula is C13H17NO2. The Kier molecular flexibility index (Phi) is 3.94. The third kappa shape index (κ3) is 3.07. The van der Waals surface area contributed by atoms with Crippen LogP contribution in [0.3, 0.4) is 0 Å². The van der Waals surface area contributed by atoms with Gasteiger partial charge in [-0.2, -0.15) is 0 Å². The van der Waals surface area contributed by atoms with Gasteiger partial charge in [-0.3, -0.25) is 4.79 Å². The summed E-state index contributed by atoms with van der Waals surface area (Å²) >= 11 is 0. The molecular weight excluding hydrogens is 202 g/mol. The SMILES string of the molecule is O=C(NCC1CCCOC1)c1ccccc1. The predicted octanol–water partition coefficient (Wildman–Crippen LogP) is 1.84. The molecule has 1 amide bonds. The number of amides is 1. The standard InChI is InChI=1S/C13H17NO2/c15-13(12-6-2-1-3-7-12)14-9-11-5-4-8-16-10-11/h1-3,6-7,11H,4-5,8-10H2,(H,14,15). The lowest BCUT2D eigenvalue weighted by Gasteiger charge is -2.22. The van der Waals surface area contributed by atoms with Crippen LogP contribution in [0.2, 0.25) is 0 Å². The molecule has 0 aliphatic carbocycles. The molecule has 0 saturated carbocycles. The fraction of sp³-hybridized carbons (Fsp3) is 0.462. The Morgan fingerprint density at radius 1 is 1.38 bits per heavy atom. The van der Waals surface area contributed by atoms with Gasteiger partial charge in [-0.15, -0.1) is 0 Å². The van der Waals surface area contributed by atoms with Crippen molar-refractivity contribution in [2.75, 3.05) is 19.8 Å². The van der Waals surface area contributed by atoms with Crippen molar-refractivity contribution in [1.82, 2.24) is 5.32 Å². The van der Waals surface area contributed by atoms with Gasteiger partial charge in [-0.1, -0.05) is 18.2 Å². The van der Waals surface area contributed by atoms with E-state index in [0.29, 0.717) is 12.5 Å². The maximum atomic E-state index is 11.7. The molecule has 0 radical (unpaired) electrons. The number of hydrogen-bond acceptors (Lipinski definition) is 2. The zero-order valence-electron chi connectivity index (χ0n) is 9.32. The molecule has 1 saturated heterocycles. The van der Waals surface area contributed by atoms with Crippen LogP contribution in [0.5, 0.6) is 0 Å². The fourth-order valence-corrected chi connectivity index (χ4v) is 1.90. The molecule has 1 aromatic rings. The van der Waals surface area contributed by atoms with E-state index >= 15 is 0 Å². The second kappa shape index (κ2) is 5.66. The summed E-state index contributed by atoms with van der Waals surface area (Å²) in [4.78, 5) is 11.7. The number of hydrogen-bond donors (Lipinski definition) is 1. The van der Waals surface area contributed by atoms with Crippen molar-refractivity contribution < 1.29 is 9.53 Å². The maximum absolute atomic E-state index is 11.7. The van der Waals surface area contributed by atoms with Crippen molar-refractivity contribution in [3.63, 3.8) is 0 Å². The second-order valence-electron chi connectivity index (χ2n) is 4.16. The van der Waals surface area contributed by atoms with Gasteiger partial charge >= 0.3 is 0 Å². The van der Waals surface area contributed by atoms with Crippen LogP contribution in [0.15, 0.2) is 30.3 Å². The number of carbonyl (C=O) groups is 1. The lowest BCUT2D eigenvalue weighted by molar-refractivity contribution is 0.0536. The van der Waals surface area contributed by atoms with E-state index < -0.39 is 0 Å². The second-order valence-corrected chi connectivity index (χ2v) is 4.16. The molecule has 1 heterocycles. The normalized spacial score (nSPS) is 20.4. The minimum absolute atomic E-state index is 0.00572. The van der Waals surface area contributed by atoms with Crippen LogP contribution in [-0.2, 0) is 4.74 Å². The van der Waals surface area contributed by atoms with Gasteiger partial charge in [0.2, 0.25) is 0 Å². The Bertz CT molecular complexity index is 331. The van der Waals surface area contributed by atoms with E-state index in [2.05, 4.69) is 5.32 Å². The van der Waals surface area contributed by atoms with E-state index in [4.69, 9.17) is 4.74 Å². The highest BCUT2D eigenvalue weighted by Gasteiger charge is 2.14. The number of ether oxygens (including phenoxy) is 1. The number of nitrogens with one attached hydrogen (secondary N) is 1. The van der Waals surface area contributed by atoms with E-state index in [1.54, 1.807) is 0 Å². The van der Waals surface area contributed by atoms with Crippen molar-refractivity contribution >= 4 is 5.91 Å². The molecule has 3 heteroatoms. The Morgan fingerprint density at radius 2 is 2.19 bits per heavy atom. The van der Waals surface area contributed by atoms with E-state index in [1.807, 2.05) is 30.3 Å². The lowest BCUT2D eigenvalue weighted by atomic mass is 10.0. The number of benzene rings is 1. The summed E-state index contributed by atoms with van der Waals surface area (Å²) in [5, 5.41) is 2.95. The Balaban J connectivity index is 1.79. The van der Waals surface area contributed by atoms with Crippen LogP contribution in [0.1, 0.15) is 23.2 Å². The third-order valence-electron chi connectivity index (χ3n) is 2.84. The molecule has 1 aliphatic heterocycles. The van der Waals surface area contributed by atoms with Crippen LogP contribution >= 0.6 is 0 Å². The number of rotatable bonds is 3. The zero-order chi connectivity index (χ0) is 11.2. The van der Waals surface area contributed by atoms with Gasteiger partial charge < -0.3 is 10.1 Å². The highest BCUT2D eigenvalue weighted by molar-refractivity contribution is 5.94. The van der Waals surface area contributed by atoms with Gasteiger partial charge in [-0.25, -0.2) is 0 Å². The summed E-state index contributed by atoms with van der Waals surface area (Å²) in [6.45, 7) is 2.35. The zero-order valence-corrected chi connectivity index (χ0v) is 9.32. The Hall–Kier alpha value is -1.35. The van der Waals surface area contributed by atoms with E-state index in [-0.39, 0.29) is 5.91 Å². The van der Waals surface area contributed by atoms with Gasteiger partial charge in [0, 0.05) is 18.7 Å². The summed E-state index contributed by atoms with van der Waals surface area (Å²) in [6, 6.07) is 9.31. The summed E-state index contributed by atoms with van der Waals surface area (Å²) in [7, 11) is 0. The van der Waals surface area contributed by atoms with Gasteiger partial charge in [0.15, 0.2) is 0 Å². The minimum Gasteiger partial charge on any atom is -0.381 e. The van der Waals surface area contributed by atoms with Gasteiger partial charge in [0.05, 0.1) is 6.61 Å². The van der Waals surface area contributed by atoms with Crippen LogP contribution in [-0.4, -0.2) is 25.7 Å². The summed E-state index contributed by atoms with van der Waals surface area (Å²) < 4.78 is 5.37. The van der Waals surface area contributed by atoms with Gasteiger partial charge in [-0.05, 0) is 30.9 Å². The average Bonchev–Trinajstić information content (AvgIpc) is 2.38. The fourth-order valence-electron chi connectivity index (χ4n) is 1.90.